The van der Waals surface area contributed by atoms with Crippen molar-refractivity contribution in [2.45, 2.75) is 32.6 Å². The number of hydrogen-bond acceptors (Lipinski definition) is 5. The fourth-order valence-corrected chi connectivity index (χ4v) is 1.71. The molecule has 1 aromatic rings. The maximum atomic E-state index is 9.77. The molecular weight excluding hydrogens is 246 g/mol. The maximum Gasteiger partial charge on any atom is 0.0897 e. The first-order chi connectivity index (χ1) is 9.04. The predicted molar refractivity (Wildman–Crippen MR) is 72.9 cm³/mol. The molecule has 0 amide bonds. The number of nitrogens with one attached hydrogen (secondary N) is 1. The SMILES string of the molecule is COCC(C)OCC(O)CNCc1cnn(C)c1C. The smallest absolute Gasteiger partial charge is 0.0897 e. The van der Waals surface area contributed by atoms with Gasteiger partial charge in [0.1, 0.15) is 0 Å². The van der Waals surface area contributed by atoms with Gasteiger partial charge in [-0.3, -0.25) is 4.68 Å². The highest BCUT2D eigenvalue weighted by Gasteiger charge is 2.09. The zero-order valence-corrected chi connectivity index (χ0v) is 12.2. The Labute approximate surface area is 114 Å². The molecule has 2 N–H and O–H groups in total. The lowest BCUT2D eigenvalue weighted by atomic mass is 10.2. The molecule has 1 rings (SSSR count). The summed E-state index contributed by atoms with van der Waals surface area (Å²) in [6, 6.07) is 0. The van der Waals surface area contributed by atoms with Crippen LogP contribution < -0.4 is 5.32 Å². The molecule has 0 saturated heterocycles. The van der Waals surface area contributed by atoms with E-state index in [1.54, 1.807) is 7.11 Å². The Hall–Kier alpha value is -0.950. The lowest BCUT2D eigenvalue weighted by Gasteiger charge is -2.16. The van der Waals surface area contributed by atoms with Crippen LogP contribution in [-0.2, 0) is 23.1 Å². The van der Waals surface area contributed by atoms with Crippen LogP contribution in [0.3, 0.4) is 0 Å². The number of aliphatic hydroxyl groups is 1. The van der Waals surface area contributed by atoms with E-state index in [1.807, 2.05) is 31.8 Å². The number of aromatic nitrogens is 2. The highest BCUT2D eigenvalue weighted by Crippen LogP contribution is 2.04. The van der Waals surface area contributed by atoms with Gasteiger partial charge in [-0.2, -0.15) is 5.10 Å². The molecule has 0 radical (unpaired) electrons. The second kappa shape index (κ2) is 8.27. The molecule has 0 aromatic carbocycles. The largest absolute Gasteiger partial charge is 0.389 e. The molecule has 6 nitrogen and oxygen atoms in total. The molecule has 2 unspecified atom stereocenters. The van der Waals surface area contributed by atoms with Gasteiger partial charge in [-0.05, 0) is 13.8 Å². The number of ether oxygens (including phenoxy) is 2. The zero-order chi connectivity index (χ0) is 14.3. The Morgan fingerprint density at radius 3 is 2.79 bits per heavy atom. The molecule has 0 spiro atoms. The Bertz CT molecular complexity index is 368. The van der Waals surface area contributed by atoms with Crippen molar-refractivity contribution in [2.75, 3.05) is 26.9 Å². The molecule has 110 valence electrons. The summed E-state index contributed by atoms with van der Waals surface area (Å²) < 4.78 is 12.2. The van der Waals surface area contributed by atoms with Gasteiger partial charge in [-0.1, -0.05) is 0 Å². The standard InChI is InChI=1S/C13H25N3O3/c1-10(8-18-4)19-9-13(17)7-14-5-12-6-15-16(3)11(12)2/h6,10,13-14,17H,5,7-9H2,1-4H3. The third-order valence-corrected chi connectivity index (χ3v) is 3.01. The third kappa shape index (κ3) is 5.69. The highest BCUT2D eigenvalue weighted by atomic mass is 16.5. The van der Waals surface area contributed by atoms with E-state index >= 15 is 0 Å². The summed E-state index contributed by atoms with van der Waals surface area (Å²) >= 11 is 0. The summed E-state index contributed by atoms with van der Waals surface area (Å²) in [6.45, 7) is 5.98. The van der Waals surface area contributed by atoms with E-state index in [1.165, 1.54) is 0 Å². The third-order valence-electron chi connectivity index (χ3n) is 3.01. The normalized spacial score (nSPS) is 14.6. The minimum atomic E-state index is -0.517. The Kier molecular flexibility index (Phi) is 7.01. The van der Waals surface area contributed by atoms with Gasteiger partial charge in [0.05, 0.1) is 31.6 Å². The van der Waals surface area contributed by atoms with Crippen molar-refractivity contribution in [1.82, 2.24) is 15.1 Å². The van der Waals surface area contributed by atoms with E-state index in [0.29, 0.717) is 26.3 Å². The molecule has 0 bridgehead atoms. The fraction of sp³-hybridized carbons (Fsp3) is 0.769. The second-order valence-corrected chi connectivity index (χ2v) is 4.76. The lowest BCUT2D eigenvalue weighted by Crippen LogP contribution is -2.32. The van der Waals surface area contributed by atoms with E-state index < -0.39 is 6.10 Å². The van der Waals surface area contributed by atoms with Crippen LogP contribution in [0.2, 0.25) is 0 Å². The van der Waals surface area contributed by atoms with E-state index in [0.717, 1.165) is 11.3 Å². The van der Waals surface area contributed by atoms with Crippen LogP contribution in [0, 0.1) is 6.92 Å². The fourth-order valence-electron chi connectivity index (χ4n) is 1.71. The number of methoxy groups -OCH3 is 1. The maximum absolute atomic E-state index is 9.77. The minimum absolute atomic E-state index is 0.000202. The predicted octanol–water partition coefficient (Wildman–Crippen LogP) is 0.231. The summed E-state index contributed by atoms with van der Waals surface area (Å²) in [7, 11) is 3.55. The first-order valence-corrected chi connectivity index (χ1v) is 6.51. The van der Waals surface area contributed by atoms with Crippen molar-refractivity contribution >= 4 is 0 Å². The minimum Gasteiger partial charge on any atom is -0.389 e. The molecule has 6 heteroatoms. The van der Waals surface area contributed by atoms with Crippen LogP contribution in [0.5, 0.6) is 0 Å². The van der Waals surface area contributed by atoms with Crippen molar-refractivity contribution in [3.05, 3.63) is 17.5 Å². The monoisotopic (exact) mass is 271 g/mol. The van der Waals surface area contributed by atoms with Crippen LogP contribution in [0.1, 0.15) is 18.2 Å². The van der Waals surface area contributed by atoms with E-state index in [9.17, 15) is 5.11 Å². The number of aryl methyl sites for hydroxylation is 1. The first kappa shape index (κ1) is 16.1. The van der Waals surface area contributed by atoms with Gasteiger partial charge in [0.2, 0.25) is 0 Å². The summed E-state index contributed by atoms with van der Waals surface area (Å²) in [4.78, 5) is 0. The van der Waals surface area contributed by atoms with Crippen molar-refractivity contribution in [3.63, 3.8) is 0 Å². The summed E-state index contributed by atoms with van der Waals surface area (Å²) in [5.74, 6) is 0. The molecule has 1 heterocycles. The number of rotatable bonds is 9. The van der Waals surface area contributed by atoms with Crippen molar-refractivity contribution in [2.24, 2.45) is 7.05 Å². The van der Waals surface area contributed by atoms with Gasteiger partial charge in [-0.15, -0.1) is 0 Å². The van der Waals surface area contributed by atoms with Gasteiger partial charge in [0.15, 0.2) is 0 Å². The quantitative estimate of drug-likeness (QED) is 0.673. The lowest BCUT2D eigenvalue weighted by molar-refractivity contribution is -0.0311. The average molecular weight is 271 g/mol. The van der Waals surface area contributed by atoms with Gasteiger partial charge >= 0.3 is 0 Å². The number of nitrogens with zero attached hydrogens (tertiary/aromatic N) is 2. The molecule has 0 saturated carbocycles. The Morgan fingerprint density at radius 1 is 1.47 bits per heavy atom. The van der Waals surface area contributed by atoms with Crippen molar-refractivity contribution in [3.8, 4) is 0 Å². The second-order valence-electron chi connectivity index (χ2n) is 4.76. The Balaban J connectivity index is 2.17. The van der Waals surface area contributed by atoms with E-state index in [-0.39, 0.29) is 6.10 Å². The number of aliphatic hydroxyl groups excluding tert-OH is 1. The van der Waals surface area contributed by atoms with Gasteiger partial charge in [0.25, 0.3) is 0 Å². The zero-order valence-electron chi connectivity index (χ0n) is 12.2. The van der Waals surface area contributed by atoms with Crippen LogP contribution in [0.15, 0.2) is 6.20 Å². The first-order valence-electron chi connectivity index (χ1n) is 6.51. The molecule has 0 aliphatic heterocycles. The van der Waals surface area contributed by atoms with E-state index in [2.05, 4.69) is 10.4 Å². The topological polar surface area (TPSA) is 68.5 Å². The van der Waals surface area contributed by atoms with Crippen LogP contribution in [0.25, 0.3) is 0 Å². The summed E-state index contributed by atoms with van der Waals surface area (Å²) in [5, 5.41) is 17.1. The Morgan fingerprint density at radius 2 is 2.21 bits per heavy atom. The molecule has 19 heavy (non-hydrogen) atoms. The number of hydrogen-bond donors (Lipinski definition) is 2. The van der Waals surface area contributed by atoms with E-state index in [4.69, 9.17) is 9.47 Å². The molecule has 0 aliphatic carbocycles. The van der Waals surface area contributed by atoms with Gasteiger partial charge in [-0.25, -0.2) is 0 Å². The highest BCUT2D eigenvalue weighted by molar-refractivity contribution is 5.15. The molecule has 0 aliphatic rings. The summed E-state index contributed by atoms with van der Waals surface area (Å²) in [5.41, 5.74) is 2.27. The van der Waals surface area contributed by atoms with Gasteiger partial charge < -0.3 is 19.9 Å². The van der Waals surface area contributed by atoms with Crippen molar-refractivity contribution in [1.29, 1.82) is 0 Å². The molecule has 0 fully saturated rings. The average Bonchev–Trinajstić information content (AvgIpc) is 2.69. The van der Waals surface area contributed by atoms with Crippen LogP contribution in [-0.4, -0.2) is 54.0 Å². The van der Waals surface area contributed by atoms with Crippen LogP contribution in [0.4, 0.5) is 0 Å². The van der Waals surface area contributed by atoms with Crippen molar-refractivity contribution < 1.29 is 14.6 Å². The van der Waals surface area contributed by atoms with Crippen LogP contribution >= 0.6 is 0 Å². The van der Waals surface area contributed by atoms with Gasteiger partial charge in [0, 0.05) is 38.5 Å². The molecule has 2 atom stereocenters. The molecule has 1 aromatic heterocycles. The molecular formula is C13H25N3O3. The summed E-state index contributed by atoms with van der Waals surface area (Å²) in [6.07, 6.45) is 1.32.